The molecule has 3 nitrogen and oxygen atoms in total. The molecule has 0 aliphatic heterocycles. The fourth-order valence-corrected chi connectivity index (χ4v) is 1.58. The highest BCUT2D eigenvalue weighted by atomic mass is 16.3. The molecule has 3 heteroatoms. The third-order valence-electron chi connectivity index (χ3n) is 2.63. The Kier molecular flexibility index (Phi) is 4.62. The summed E-state index contributed by atoms with van der Waals surface area (Å²) in [4.78, 5) is 2.20. The summed E-state index contributed by atoms with van der Waals surface area (Å²) in [5, 5.41) is 9.68. The normalized spacial score (nSPS) is 11.3. The molecule has 0 fully saturated rings. The molecule has 1 aromatic rings. The van der Waals surface area contributed by atoms with E-state index in [1.807, 2.05) is 6.07 Å². The molecule has 16 heavy (non-hydrogen) atoms. The maximum Gasteiger partial charge on any atom is 0.120 e. The minimum absolute atomic E-state index is 0.325. The van der Waals surface area contributed by atoms with Crippen molar-refractivity contribution in [2.45, 2.75) is 26.8 Å². The van der Waals surface area contributed by atoms with Crippen molar-refractivity contribution in [3.05, 3.63) is 23.8 Å². The lowest BCUT2D eigenvalue weighted by Crippen LogP contribution is -2.20. The van der Waals surface area contributed by atoms with E-state index in [9.17, 15) is 5.11 Å². The van der Waals surface area contributed by atoms with Crippen molar-refractivity contribution in [2.75, 3.05) is 19.3 Å². The SMILES string of the molecule is CC(C)CCN(C)Cc1cc(N)ccc1O. The molecule has 0 saturated carbocycles. The first kappa shape index (κ1) is 12.8. The first-order chi connectivity index (χ1) is 7.49. The summed E-state index contributed by atoms with van der Waals surface area (Å²) in [7, 11) is 2.06. The Morgan fingerprint density at radius 2 is 2.06 bits per heavy atom. The third kappa shape index (κ3) is 4.11. The van der Waals surface area contributed by atoms with E-state index in [0.29, 0.717) is 17.4 Å². The number of nitrogens with zero attached hydrogens (tertiary/aromatic N) is 1. The van der Waals surface area contributed by atoms with Gasteiger partial charge in [0.15, 0.2) is 0 Å². The van der Waals surface area contributed by atoms with Crippen molar-refractivity contribution in [1.29, 1.82) is 0 Å². The van der Waals surface area contributed by atoms with E-state index < -0.39 is 0 Å². The average molecular weight is 222 g/mol. The Morgan fingerprint density at radius 1 is 1.38 bits per heavy atom. The van der Waals surface area contributed by atoms with Gasteiger partial charge in [0.25, 0.3) is 0 Å². The fraction of sp³-hybridized carbons (Fsp3) is 0.538. The predicted octanol–water partition coefficient (Wildman–Crippen LogP) is 2.45. The monoisotopic (exact) mass is 222 g/mol. The Labute approximate surface area is 97.9 Å². The number of hydrogen-bond acceptors (Lipinski definition) is 3. The van der Waals surface area contributed by atoms with Crippen LogP contribution in [0.4, 0.5) is 5.69 Å². The van der Waals surface area contributed by atoms with E-state index in [0.717, 1.165) is 18.7 Å². The number of anilines is 1. The Balaban J connectivity index is 2.55. The van der Waals surface area contributed by atoms with Gasteiger partial charge in [0, 0.05) is 17.8 Å². The van der Waals surface area contributed by atoms with Gasteiger partial charge in [-0.1, -0.05) is 13.8 Å². The van der Waals surface area contributed by atoms with Gasteiger partial charge in [0.1, 0.15) is 5.75 Å². The zero-order valence-electron chi connectivity index (χ0n) is 10.4. The zero-order valence-corrected chi connectivity index (χ0v) is 10.4. The Bertz CT molecular complexity index is 337. The van der Waals surface area contributed by atoms with E-state index in [1.165, 1.54) is 6.42 Å². The Morgan fingerprint density at radius 3 is 2.69 bits per heavy atom. The second kappa shape index (κ2) is 5.75. The lowest BCUT2D eigenvalue weighted by atomic mass is 10.1. The minimum Gasteiger partial charge on any atom is -0.508 e. The summed E-state index contributed by atoms with van der Waals surface area (Å²) < 4.78 is 0. The smallest absolute Gasteiger partial charge is 0.120 e. The number of nitrogens with two attached hydrogens (primary N) is 1. The van der Waals surface area contributed by atoms with Crippen molar-refractivity contribution in [3.63, 3.8) is 0 Å². The number of phenols is 1. The van der Waals surface area contributed by atoms with Crippen LogP contribution < -0.4 is 5.73 Å². The van der Waals surface area contributed by atoms with Gasteiger partial charge in [-0.25, -0.2) is 0 Å². The van der Waals surface area contributed by atoms with Gasteiger partial charge in [-0.3, -0.25) is 0 Å². The van der Waals surface area contributed by atoms with Crippen LogP contribution in [0, 0.1) is 5.92 Å². The van der Waals surface area contributed by atoms with Crippen LogP contribution >= 0.6 is 0 Å². The maximum atomic E-state index is 9.68. The highest BCUT2D eigenvalue weighted by molar-refractivity contribution is 5.47. The number of benzene rings is 1. The van der Waals surface area contributed by atoms with Gasteiger partial charge in [-0.05, 0) is 44.1 Å². The molecular weight excluding hydrogens is 200 g/mol. The lowest BCUT2D eigenvalue weighted by Gasteiger charge is -2.18. The van der Waals surface area contributed by atoms with E-state index in [4.69, 9.17) is 5.73 Å². The molecule has 0 radical (unpaired) electrons. The standard InChI is InChI=1S/C13H22N2O/c1-10(2)6-7-15(3)9-11-8-12(14)4-5-13(11)16/h4-5,8,10,16H,6-7,9,14H2,1-3H3. The van der Waals surface area contributed by atoms with Crippen molar-refractivity contribution in [2.24, 2.45) is 5.92 Å². The van der Waals surface area contributed by atoms with Gasteiger partial charge in [-0.15, -0.1) is 0 Å². The second-order valence-corrected chi connectivity index (χ2v) is 4.81. The van der Waals surface area contributed by atoms with Crippen LogP contribution in [0.5, 0.6) is 5.75 Å². The Hall–Kier alpha value is -1.22. The summed E-state index contributed by atoms with van der Waals surface area (Å²) in [5.41, 5.74) is 7.29. The van der Waals surface area contributed by atoms with Gasteiger partial charge >= 0.3 is 0 Å². The van der Waals surface area contributed by atoms with Gasteiger partial charge in [0.2, 0.25) is 0 Å². The summed E-state index contributed by atoms with van der Waals surface area (Å²) in [6, 6.07) is 5.20. The molecule has 90 valence electrons. The molecule has 0 spiro atoms. The molecule has 0 aromatic heterocycles. The molecule has 0 atom stereocenters. The molecule has 0 aliphatic carbocycles. The predicted molar refractivity (Wildman–Crippen MR) is 68.3 cm³/mol. The molecule has 3 N–H and O–H groups in total. The molecular formula is C13H22N2O. The van der Waals surface area contributed by atoms with Crippen molar-refractivity contribution in [1.82, 2.24) is 4.90 Å². The van der Waals surface area contributed by atoms with Crippen LogP contribution in [0.3, 0.4) is 0 Å². The minimum atomic E-state index is 0.325. The molecule has 1 rings (SSSR count). The van der Waals surface area contributed by atoms with E-state index in [-0.39, 0.29) is 0 Å². The van der Waals surface area contributed by atoms with Crippen LogP contribution in [0.15, 0.2) is 18.2 Å². The lowest BCUT2D eigenvalue weighted by molar-refractivity contribution is 0.299. The van der Waals surface area contributed by atoms with Crippen LogP contribution in [-0.2, 0) is 6.54 Å². The topological polar surface area (TPSA) is 49.5 Å². The van der Waals surface area contributed by atoms with E-state index in [1.54, 1.807) is 12.1 Å². The zero-order chi connectivity index (χ0) is 12.1. The van der Waals surface area contributed by atoms with Gasteiger partial charge < -0.3 is 15.7 Å². The maximum absolute atomic E-state index is 9.68. The quantitative estimate of drug-likeness (QED) is 0.594. The summed E-state index contributed by atoms with van der Waals surface area (Å²) >= 11 is 0. The first-order valence-electron chi connectivity index (χ1n) is 5.75. The second-order valence-electron chi connectivity index (χ2n) is 4.81. The summed E-state index contributed by atoms with van der Waals surface area (Å²) in [6.45, 7) is 6.20. The van der Waals surface area contributed by atoms with Crippen LogP contribution in [0.1, 0.15) is 25.8 Å². The first-order valence-corrected chi connectivity index (χ1v) is 5.75. The molecule has 0 aliphatic rings. The van der Waals surface area contributed by atoms with Crippen LogP contribution in [0.2, 0.25) is 0 Å². The van der Waals surface area contributed by atoms with Crippen LogP contribution in [-0.4, -0.2) is 23.6 Å². The number of hydrogen-bond donors (Lipinski definition) is 2. The fourth-order valence-electron chi connectivity index (χ4n) is 1.58. The molecule has 0 unspecified atom stereocenters. The largest absolute Gasteiger partial charge is 0.508 e. The number of phenolic OH excluding ortho intramolecular Hbond substituents is 1. The van der Waals surface area contributed by atoms with Crippen molar-refractivity contribution < 1.29 is 5.11 Å². The highest BCUT2D eigenvalue weighted by Gasteiger charge is 2.06. The molecule has 0 saturated heterocycles. The number of rotatable bonds is 5. The molecule has 0 heterocycles. The van der Waals surface area contributed by atoms with Crippen molar-refractivity contribution >= 4 is 5.69 Å². The van der Waals surface area contributed by atoms with E-state index >= 15 is 0 Å². The van der Waals surface area contributed by atoms with Gasteiger partial charge in [-0.2, -0.15) is 0 Å². The van der Waals surface area contributed by atoms with Gasteiger partial charge in [0.05, 0.1) is 0 Å². The third-order valence-corrected chi connectivity index (χ3v) is 2.63. The highest BCUT2D eigenvalue weighted by Crippen LogP contribution is 2.21. The molecule has 0 bridgehead atoms. The number of nitrogen functional groups attached to an aromatic ring is 1. The summed E-state index contributed by atoms with van der Waals surface area (Å²) in [6.07, 6.45) is 1.17. The van der Waals surface area contributed by atoms with Crippen LogP contribution in [0.25, 0.3) is 0 Å². The number of aromatic hydroxyl groups is 1. The molecule has 0 amide bonds. The summed E-state index contributed by atoms with van der Waals surface area (Å²) in [5.74, 6) is 1.03. The average Bonchev–Trinajstić information content (AvgIpc) is 2.20. The molecule has 1 aromatic carbocycles. The van der Waals surface area contributed by atoms with Crippen molar-refractivity contribution in [3.8, 4) is 5.75 Å². The van der Waals surface area contributed by atoms with E-state index in [2.05, 4.69) is 25.8 Å².